The first-order chi connectivity index (χ1) is 20.6. The second-order valence-corrected chi connectivity index (χ2v) is 11.9. The monoisotopic (exact) mass is 677 g/mol. The highest BCUT2D eigenvalue weighted by molar-refractivity contribution is 9.09. The van der Waals surface area contributed by atoms with Crippen LogP contribution < -0.4 is 15.6 Å². The summed E-state index contributed by atoms with van der Waals surface area (Å²) in [5, 5.41) is 14.6. The fraction of sp³-hybridized carbons (Fsp3) is 0.414. The Morgan fingerprint density at radius 2 is 1.88 bits per heavy atom. The van der Waals surface area contributed by atoms with Crippen molar-refractivity contribution in [2.75, 3.05) is 30.8 Å². The molecule has 2 aromatic carbocycles. The second kappa shape index (κ2) is 15.0. The molecule has 2 aromatic heterocycles. The Morgan fingerprint density at radius 3 is 2.63 bits per heavy atom. The quantitative estimate of drug-likeness (QED) is 0.0639. The van der Waals surface area contributed by atoms with Crippen molar-refractivity contribution in [2.24, 2.45) is 0 Å². The lowest BCUT2D eigenvalue weighted by Gasteiger charge is -2.14. The molecule has 0 unspecified atom stereocenters. The van der Waals surface area contributed by atoms with E-state index in [0.29, 0.717) is 48.4 Å². The number of carbonyl (C=O) groups is 1. The largest absolute Gasteiger partial charge is 0.524 e. The highest BCUT2D eigenvalue weighted by Gasteiger charge is 2.21. The molecule has 232 valence electrons. The minimum absolute atomic E-state index is 0.0387. The van der Waals surface area contributed by atoms with Crippen LogP contribution in [0.5, 0.6) is 11.5 Å². The van der Waals surface area contributed by atoms with Crippen molar-refractivity contribution in [1.82, 2.24) is 19.9 Å². The Kier molecular flexibility index (Phi) is 11.4. The number of nitrogens with zero attached hydrogens (tertiary/aromatic N) is 3. The van der Waals surface area contributed by atoms with Gasteiger partial charge in [-0.3, -0.25) is 14.6 Å². The number of aromatic hydroxyl groups is 1. The number of phosphoric ester groups is 1. The van der Waals surface area contributed by atoms with E-state index < -0.39 is 7.82 Å². The smallest absolute Gasteiger partial charge is 0.508 e. The lowest BCUT2D eigenvalue weighted by Crippen LogP contribution is -2.26. The number of unbranched alkanes of at least 4 members (excludes halogenated alkanes) is 1. The van der Waals surface area contributed by atoms with Crippen LogP contribution in [-0.2, 0) is 33.5 Å². The second-order valence-electron chi connectivity index (χ2n) is 10.2. The molecular formula is C29H37BrN5O7P. The van der Waals surface area contributed by atoms with E-state index in [1.54, 1.807) is 0 Å². The third-order valence-corrected chi connectivity index (χ3v) is 7.83. The Hall–Kier alpha value is -3.22. The van der Waals surface area contributed by atoms with Gasteiger partial charge in [-0.1, -0.05) is 41.4 Å². The van der Waals surface area contributed by atoms with Crippen molar-refractivity contribution in [1.29, 1.82) is 0 Å². The topological polar surface area (TPSA) is 182 Å². The number of fused-ring (bicyclic) bond motifs is 3. The van der Waals surface area contributed by atoms with Crippen molar-refractivity contribution in [2.45, 2.75) is 52.0 Å². The zero-order valence-electron chi connectivity index (χ0n) is 24.0. The van der Waals surface area contributed by atoms with Crippen LogP contribution in [0.3, 0.4) is 0 Å². The molecule has 1 amide bonds. The number of rotatable bonds is 16. The van der Waals surface area contributed by atoms with Crippen LogP contribution in [0.1, 0.15) is 49.6 Å². The van der Waals surface area contributed by atoms with Gasteiger partial charge in [-0.15, -0.1) is 0 Å². The summed E-state index contributed by atoms with van der Waals surface area (Å²) in [5.74, 6) is 0.937. The number of carbonyl (C=O) groups excluding carboxylic acids is 1. The zero-order valence-corrected chi connectivity index (χ0v) is 26.4. The molecule has 0 aliphatic carbocycles. The molecule has 4 aromatic rings. The highest BCUT2D eigenvalue weighted by Crippen LogP contribution is 2.39. The SMILES string of the molecule is CCCCc1nc2c(N)nc3cc(CCCOCCCNC(=O)CBr)ccc3c2n1Cc1cc(OP(=O)(O)O)ccc1O. The molecule has 14 heteroatoms. The molecular weight excluding hydrogens is 641 g/mol. The zero-order chi connectivity index (χ0) is 31.0. The molecule has 0 saturated carbocycles. The van der Waals surface area contributed by atoms with E-state index in [1.165, 1.54) is 18.2 Å². The summed E-state index contributed by atoms with van der Waals surface area (Å²) in [4.78, 5) is 39.2. The van der Waals surface area contributed by atoms with E-state index >= 15 is 0 Å². The lowest BCUT2D eigenvalue weighted by atomic mass is 10.1. The number of ether oxygens (including phenoxy) is 1. The number of phenols is 1. The third-order valence-electron chi connectivity index (χ3n) is 6.87. The van der Waals surface area contributed by atoms with Crippen LogP contribution >= 0.6 is 23.8 Å². The molecule has 4 rings (SSSR count). The van der Waals surface area contributed by atoms with Crippen LogP contribution in [-0.4, -0.2) is 60.4 Å². The summed E-state index contributed by atoms with van der Waals surface area (Å²) in [7, 11) is -4.77. The fourth-order valence-corrected chi connectivity index (χ4v) is 5.42. The average Bonchev–Trinajstić information content (AvgIpc) is 3.32. The lowest BCUT2D eigenvalue weighted by molar-refractivity contribution is -0.118. The number of phosphoric acid groups is 1. The first-order valence-corrected chi connectivity index (χ1v) is 16.8. The van der Waals surface area contributed by atoms with E-state index in [-0.39, 0.29) is 24.0 Å². The minimum atomic E-state index is -4.77. The van der Waals surface area contributed by atoms with Gasteiger partial charge in [-0.25, -0.2) is 14.5 Å². The molecule has 0 aliphatic rings. The van der Waals surface area contributed by atoms with E-state index in [0.717, 1.165) is 59.9 Å². The number of phenolic OH excluding ortho intramolecular Hbond substituents is 1. The summed E-state index contributed by atoms with van der Waals surface area (Å²) in [6.45, 7) is 4.02. The van der Waals surface area contributed by atoms with Gasteiger partial charge in [0.1, 0.15) is 22.8 Å². The summed E-state index contributed by atoms with van der Waals surface area (Å²) in [6.07, 6.45) is 4.88. The van der Waals surface area contributed by atoms with Crippen molar-refractivity contribution in [3.63, 3.8) is 0 Å². The molecule has 43 heavy (non-hydrogen) atoms. The molecule has 2 heterocycles. The first kappa shape index (κ1) is 32.7. The van der Waals surface area contributed by atoms with Crippen molar-refractivity contribution >= 4 is 57.4 Å². The Morgan fingerprint density at radius 1 is 1.09 bits per heavy atom. The molecule has 0 spiro atoms. The van der Waals surface area contributed by atoms with Gasteiger partial charge in [-0.2, -0.15) is 0 Å². The number of imidazole rings is 1. The molecule has 0 aliphatic heterocycles. The number of aryl methyl sites for hydroxylation is 2. The van der Waals surface area contributed by atoms with Gasteiger partial charge >= 0.3 is 7.82 Å². The van der Waals surface area contributed by atoms with Gasteiger partial charge in [0.25, 0.3) is 0 Å². The van der Waals surface area contributed by atoms with E-state index in [4.69, 9.17) is 20.0 Å². The average molecular weight is 679 g/mol. The summed E-state index contributed by atoms with van der Waals surface area (Å²) < 4.78 is 23.8. The predicted molar refractivity (Wildman–Crippen MR) is 168 cm³/mol. The Bertz CT molecular complexity index is 1620. The van der Waals surface area contributed by atoms with E-state index in [9.17, 15) is 24.3 Å². The number of hydrogen-bond donors (Lipinski definition) is 5. The van der Waals surface area contributed by atoms with Crippen molar-refractivity contribution < 1.29 is 33.5 Å². The molecule has 12 nitrogen and oxygen atoms in total. The maximum Gasteiger partial charge on any atom is 0.524 e. The fourth-order valence-electron chi connectivity index (χ4n) is 4.84. The number of alkyl halides is 1. The van der Waals surface area contributed by atoms with Crippen LogP contribution in [0.15, 0.2) is 36.4 Å². The number of aromatic nitrogens is 3. The van der Waals surface area contributed by atoms with Crippen molar-refractivity contribution in [3.05, 3.63) is 53.3 Å². The minimum Gasteiger partial charge on any atom is -0.508 e. The van der Waals surface area contributed by atoms with Gasteiger partial charge in [0.15, 0.2) is 5.82 Å². The van der Waals surface area contributed by atoms with Crippen LogP contribution in [0.2, 0.25) is 0 Å². The summed E-state index contributed by atoms with van der Waals surface area (Å²) in [6, 6.07) is 10.1. The maximum atomic E-state index is 11.4. The summed E-state index contributed by atoms with van der Waals surface area (Å²) >= 11 is 3.12. The van der Waals surface area contributed by atoms with Crippen LogP contribution in [0.25, 0.3) is 21.9 Å². The van der Waals surface area contributed by atoms with Gasteiger partial charge in [-0.05, 0) is 55.5 Å². The molecule has 0 saturated heterocycles. The number of halogens is 1. The van der Waals surface area contributed by atoms with Gasteiger partial charge < -0.3 is 30.0 Å². The molecule has 0 radical (unpaired) electrons. The van der Waals surface area contributed by atoms with Crippen LogP contribution in [0.4, 0.5) is 5.82 Å². The molecule has 6 N–H and O–H groups in total. The normalized spacial score (nSPS) is 11.8. The number of amides is 1. The highest BCUT2D eigenvalue weighted by atomic mass is 79.9. The Balaban J connectivity index is 1.57. The van der Waals surface area contributed by atoms with E-state index in [1.807, 2.05) is 22.8 Å². The van der Waals surface area contributed by atoms with E-state index in [2.05, 4.69) is 33.2 Å². The first-order valence-electron chi connectivity index (χ1n) is 14.1. The molecule has 0 atom stereocenters. The van der Waals surface area contributed by atoms with Gasteiger partial charge in [0.2, 0.25) is 5.91 Å². The summed E-state index contributed by atoms with van der Waals surface area (Å²) in [5.41, 5.74) is 9.97. The molecule has 0 bridgehead atoms. The Labute approximate surface area is 258 Å². The van der Waals surface area contributed by atoms with Crippen molar-refractivity contribution in [3.8, 4) is 11.5 Å². The number of benzene rings is 2. The number of pyridine rings is 1. The number of nitrogens with two attached hydrogens (primary N) is 1. The third kappa shape index (κ3) is 8.90. The number of nitrogens with one attached hydrogen (secondary N) is 1. The number of nitrogen functional groups attached to an aromatic ring is 1. The predicted octanol–water partition coefficient (Wildman–Crippen LogP) is 4.59. The number of hydrogen-bond acceptors (Lipinski definition) is 8. The number of anilines is 1. The van der Waals surface area contributed by atoms with Gasteiger partial charge in [0, 0.05) is 37.1 Å². The molecule has 0 fully saturated rings. The van der Waals surface area contributed by atoms with Crippen LogP contribution in [0, 0.1) is 0 Å². The maximum absolute atomic E-state index is 11.4. The van der Waals surface area contributed by atoms with Gasteiger partial charge in [0.05, 0.1) is 22.9 Å². The standard InChI is InChI=1S/C29H37BrN5O7P/c1-2-3-7-25-34-27-28(35(25)18-20-16-21(9-11-24(20)36)42-43(38,39)40)22-10-8-19(15-23(22)33-29(27)31)6-4-13-41-14-5-12-32-26(37)17-30/h8-11,15-16,36H,2-7,12-14,17-18H2,1H3,(H2,31,33)(H,32,37)(H2,38,39,40).